The molecule has 1 N–H and O–H groups in total. The number of fused-ring (bicyclic) bond motifs is 1. The Morgan fingerprint density at radius 3 is 3.24 bits per heavy atom. The first-order chi connectivity index (χ1) is 10.2. The molecule has 1 saturated heterocycles. The molecule has 0 bridgehead atoms. The average molecular weight is 292 g/mol. The summed E-state index contributed by atoms with van der Waals surface area (Å²) in [6, 6.07) is 1.92. The lowest BCUT2D eigenvalue weighted by atomic mass is 10.1. The van der Waals surface area contributed by atoms with Gasteiger partial charge in [-0.2, -0.15) is 5.10 Å². The van der Waals surface area contributed by atoms with E-state index in [0.717, 1.165) is 51.2 Å². The number of aromatic nitrogens is 2. The first-order valence-corrected chi connectivity index (χ1v) is 7.88. The van der Waals surface area contributed by atoms with E-state index in [0.29, 0.717) is 12.2 Å². The van der Waals surface area contributed by atoms with Crippen LogP contribution in [0.2, 0.25) is 0 Å². The van der Waals surface area contributed by atoms with Crippen molar-refractivity contribution in [2.45, 2.75) is 44.9 Å². The number of amides is 1. The van der Waals surface area contributed by atoms with Gasteiger partial charge in [0.15, 0.2) is 5.69 Å². The Labute approximate surface area is 125 Å². The van der Waals surface area contributed by atoms with Crippen LogP contribution in [-0.4, -0.2) is 53.4 Å². The summed E-state index contributed by atoms with van der Waals surface area (Å²) in [5.41, 5.74) is 1.64. The fraction of sp³-hybridized carbons (Fsp3) is 0.733. The number of ether oxygens (including phenoxy) is 1. The highest BCUT2D eigenvalue weighted by Gasteiger charge is 2.22. The lowest BCUT2D eigenvalue weighted by Gasteiger charge is -2.27. The quantitative estimate of drug-likeness (QED) is 0.903. The van der Waals surface area contributed by atoms with Crippen molar-refractivity contribution in [2.75, 3.05) is 26.7 Å². The Kier molecular flexibility index (Phi) is 4.55. The average Bonchev–Trinajstić information content (AvgIpc) is 2.78. The summed E-state index contributed by atoms with van der Waals surface area (Å²) in [6.45, 7) is 4.14. The van der Waals surface area contributed by atoms with Crippen LogP contribution in [0.15, 0.2) is 6.07 Å². The number of likely N-dealkylation sites (N-methyl/N-ethyl adjacent to an activating group) is 1. The number of rotatable bonds is 3. The van der Waals surface area contributed by atoms with Gasteiger partial charge in [0.1, 0.15) is 0 Å². The predicted molar refractivity (Wildman–Crippen MR) is 79.1 cm³/mol. The van der Waals surface area contributed by atoms with Crippen molar-refractivity contribution < 1.29 is 9.53 Å². The van der Waals surface area contributed by atoms with Crippen LogP contribution in [-0.2, 0) is 17.8 Å². The molecule has 1 atom stereocenters. The number of hydrogen-bond donors (Lipinski definition) is 1. The second kappa shape index (κ2) is 6.58. The van der Waals surface area contributed by atoms with Crippen molar-refractivity contribution in [1.29, 1.82) is 0 Å². The number of aryl methyl sites for hydroxylation is 1. The van der Waals surface area contributed by atoms with Crippen LogP contribution < -0.4 is 5.32 Å². The van der Waals surface area contributed by atoms with Gasteiger partial charge in [0.2, 0.25) is 0 Å². The van der Waals surface area contributed by atoms with Crippen LogP contribution in [0.3, 0.4) is 0 Å². The molecule has 1 fully saturated rings. The fourth-order valence-electron chi connectivity index (χ4n) is 3.00. The second-order valence-electron chi connectivity index (χ2n) is 5.95. The molecule has 0 spiro atoms. The largest absolute Gasteiger partial charge is 0.376 e. The maximum atomic E-state index is 12.5. The molecule has 21 heavy (non-hydrogen) atoms. The first kappa shape index (κ1) is 14.5. The smallest absolute Gasteiger partial charge is 0.274 e. The Balaban J connectivity index is 1.64. The Hall–Kier alpha value is -1.40. The number of nitrogens with zero attached hydrogens (tertiary/aromatic N) is 3. The van der Waals surface area contributed by atoms with Gasteiger partial charge in [-0.25, -0.2) is 0 Å². The molecule has 116 valence electrons. The van der Waals surface area contributed by atoms with Crippen LogP contribution in [0.4, 0.5) is 0 Å². The molecule has 2 aliphatic heterocycles. The van der Waals surface area contributed by atoms with Crippen LogP contribution in [0.1, 0.15) is 41.9 Å². The van der Waals surface area contributed by atoms with E-state index in [-0.39, 0.29) is 12.0 Å². The number of hydrogen-bond acceptors (Lipinski definition) is 4. The molecule has 6 heteroatoms. The monoisotopic (exact) mass is 292 g/mol. The maximum absolute atomic E-state index is 12.5. The summed E-state index contributed by atoms with van der Waals surface area (Å²) in [6.07, 6.45) is 4.59. The molecule has 3 heterocycles. The fourth-order valence-corrected chi connectivity index (χ4v) is 3.00. The maximum Gasteiger partial charge on any atom is 0.274 e. The minimum absolute atomic E-state index is 0.00949. The molecule has 1 aromatic heterocycles. The predicted octanol–water partition coefficient (Wildman–Crippen LogP) is 1.02. The van der Waals surface area contributed by atoms with Crippen LogP contribution >= 0.6 is 0 Å². The Bertz CT molecular complexity index is 470. The van der Waals surface area contributed by atoms with Gasteiger partial charge in [0, 0.05) is 33.3 Å². The van der Waals surface area contributed by atoms with Gasteiger partial charge < -0.3 is 15.0 Å². The van der Waals surface area contributed by atoms with Gasteiger partial charge in [-0.15, -0.1) is 0 Å². The summed E-state index contributed by atoms with van der Waals surface area (Å²) in [7, 11) is 1.84. The third kappa shape index (κ3) is 3.44. The summed E-state index contributed by atoms with van der Waals surface area (Å²) in [5.74, 6) is -0.00949. The highest BCUT2D eigenvalue weighted by atomic mass is 16.5. The molecule has 0 aliphatic carbocycles. The van der Waals surface area contributed by atoms with Crippen LogP contribution in [0.5, 0.6) is 0 Å². The highest BCUT2D eigenvalue weighted by Crippen LogP contribution is 2.15. The second-order valence-corrected chi connectivity index (χ2v) is 5.95. The summed E-state index contributed by atoms with van der Waals surface area (Å²) < 4.78 is 7.66. The number of carbonyl (C=O) groups excluding carboxylic acids is 1. The van der Waals surface area contributed by atoms with E-state index >= 15 is 0 Å². The molecule has 6 nitrogen and oxygen atoms in total. The first-order valence-electron chi connectivity index (χ1n) is 7.88. The number of carbonyl (C=O) groups is 1. The van der Waals surface area contributed by atoms with Gasteiger partial charge in [-0.05, 0) is 38.3 Å². The SMILES string of the molecule is CN(CC1CCCCO1)C(=O)c1cc2n(n1)CCCNC2. The van der Waals surface area contributed by atoms with Crippen molar-refractivity contribution in [3.05, 3.63) is 17.5 Å². The zero-order valence-corrected chi connectivity index (χ0v) is 12.7. The third-order valence-electron chi connectivity index (χ3n) is 4.21. The van der Waals surface area contributed by atoms with E-state index in [9.17, 15) is 4.79 Å². The summed E-state index contributed by atoms with van der Waals surface area (Å²) in [4.78, 5) is 14.2. The number of nitrogens with one attached hydrogen (secondary N) is 1. The van der Waals surface area contributed by atoms with Crippen molar-refractivity contribution in [1.82, 2.24) is 20.0 Å². The molecular formula is C15H24N4O2. The lowest BCUT2D eigenvalue weighted by Crippen LogP contribution is -2.37. The van der Waals surface area contributed by atoms with Crippen molar-refractivity contribution in [2.24, 2.45) is 0 Å². The third-order valence-corrected chi connectivity index (χ3v) is 4.21. The molecular weight excluding hydrogens is 268 g/mol. The van der Waals surface area contributed by atoms with E-state index in [1.54, 1.807) is 4.90 Å². The van der Waals surface area contributed by atoms with Gasteiger partial charge in [-0.3, -0.25) is 9.48 Å². The summed E-state index contributed by atoms with van der Waals surface area (Å²) >= 11 is 0. The van der Waals surface area contributed by atoms with E-state index in [1.165, 1.54) is 6.42 Å². The highest BCUT2D eigenvalue weighted by molar-refractivity contribution is 5.92. The molecule has 0 radical (unpaired) electrons. The standard InChI is InChI=1S/C15H24N4O2/c1-18(11-13-5-2-3-8-21-13)15(20)14-9-12-10-16-6-4-7-19(12)17-14/h9,13,16H,2-8,10-11H2,1H3. The van der Waals surface area contributed by atoms with E-state index < -0.39 is 0 Å². The van der Waals surface area contributed by atoms with Gasteiger partial charge in [0.05, 0.1) is 11.8 Å². The zero-order valence-electron chi connectivity index (χ0n) is 12.7. The van der Waals surface area contributed by atoms with E-state index in [1.807, 2.05) is 17.8 Å². The van der Waals surface area contributed by atoms with E-state index in [2.05, 4.69) is 10.4 Å². The molecule has 2 aliphatic rings. The van der Waals surface area contributed by atoms with Crippen molar-refractivity contribution in [3.63, 3.8) is 0 Å². The van der Waals surface area contributed by atoms with Crippen LogP contribution in [0, 0.1) is 0 Å². The molecule has 0 aromatic carbocycles. The van der Waals surface area contributed by atoms with Gasteiger partial charge in [-0.1, -0.05) is 0 Å². The van der Waals surface area contributed by atoms with Gasteiger partial charge in [0.25, 0.3) is 5.91 Å². The zero-order chi connectivity index (χ0) is 14.7. The molecule has 1 amide bonds. The molecule has 3 rings (SSSR count). The Morgan fingerprint density at radius 2 is 2.43 bits per heavy atom. The van der Waals surface area contributed by atoms with Crippen molar-refractivity contribution >= 4 is 5.91 Å². The van der Waals surface area contributed by atoms with Crippen molar-refractivity contribution in [3.8, 4) is 0 Å². The Morgan fingerprint density at radius 1 is 1.52 bits per heavy atom. The lowest BCUT2D eigenvalue weighted by molar-refractivity contribution is -0.000304. The minimum atomic E-state index is -0.00949. The van der Waals surface area contributed by atoms with E-state index in [4.69, 9.17) is 4.74 Å². The molecule has 1 unspecified atom stereocenters. The van der Waals surface area contributed by atoms with Crippen LogP contribution in [0.25, 0.3) is 0 Å². The summed E-state index contributed by atoms with van der Waals surface area (Å²) in [5, 5.41) is 7.81. The normalized spacial score (nSPS) is 22.4. The minimum Gasteiger partial charge on any atom is -0.376 e. The molecule has 1 aromatic rings. The van der Waals surface area contributed by atoms with Gasteiger partial charge >= 0.3 is 0 Å². The topological polar surface area (TPSA) is 59.4 Å². The molecule has 0 saturated carbocycles.